The number of piperidine rings is 1. The van der Waals surface area contributed by atoms with Gasteiger partial charge in [0.15, 0.2) is 0 Å². The second-order valence-electron chi connectivity index (χ2n) is 2.47. The van der Waals surface area contributed by atoms with Gasteiger partial charge in [-0.25, -0.2) is 4.79 Å². The average molecular weight is 155 g/mol. The highest BCUT2D eigenvalue weighted by atomic mass is 16.4. The maximum absolute atomic E-state index is 10.5. The molecule has 0 spiro atoms. The Balaban J connectivity index is 2.75. The van der Waals surface area contributed by atoms with Crippen molar-refractivity contribution in [1.29, 1.82) is 0 Å². The van der Waals surface area contributed by atoms with Crippen molar-refractivity contribution >= 4 is 11.9 Å². The van der Waals surface area contributed by atoms with Crippen LogP contribution < -0.4 is 5.32 Å². The fourth-order valence-electron chi connectivity index (χ4n) is 1.13. The zero-order valence-electron chi connectivity index (χ0n) is 5.96. The number of hydrogen-bond acceptors (Lipinski definition) is 3. The average Bonchev–Trinajstić information content (AvgIpc) is 2.04. The van der Waals surface area contributed by atoms with E-state index in [4.69, 9.17) is 5.11 Å². The first-order chi connectivity index (χ1) is 5.25. The van der Waals surface area contributed by atoms with E-state index in [2.05, 4.69) is 5.32 Å². The van der Waals surface area contributed by atoms with Crippen LogP contribution in [-0.2, 0) is 9.59 Å². The van der Waals surface area contributed by atoms with Crippen LogP contribution in [0.4, 0.5) is 0 Å². The Labute approximate surface area is 63.9 Å². The van der Waals surface area contributed by atoms with Crippen molar-refractivity contribution in [3.8, 4) is 0 Å². The Bertz CT molecular complexity index is 218. The van der Waals surface area contributed by atoms with E-state index in [1.807, 2.05) is 0 Å². The number of rotatable bonds is 1. The molecule has 0 amide bonds. The molecular weight excluding hydrogens is 146 g/mol. The molecule has 0 saturated carbocycles. The molecule has 1 unspecified atom stereocenters. The predicted octanol–water partition coefficient (Wildman–Crippen LogP) is -0.562. The molecule has 0 aliphatic carbocycles. The Morgan fingerprint density at radius 3 is 2.91 bits per heavy atom. The number of carbonyl (C=O) groups is 1. The number of carboxylic acid groups (broad SMARTS) is 1. The van der Waals surface area contributed by atoms with Crippen molar-refractivity contribution in [3.63, 3.8) is 0 Å². The lowest BCUT2D eigenvalue weighted by Gasteiger charge is -2.19. The maximum atomic E-state index is 10.5. The molecular formula is C7H9NO3. The molecule has 0 radical (unpaired) electrons. The van der Waals surface area contributed by atoms with Gasteiger partial charge in [-0.3, -0.25) is 4.79 Å². The highest BCUT2D eigenvalue weighted by molar-refractivity contribution is 5.78. The highest BCUT2D eigenvalue weighted by Crippen LogP contribution is 2.14. The van der Waals surface area contributed by atoms with Crippen molar-refractivity contribution in [3.05, 3.63) is 5.57 Å². The third-order valence-electron chi connectivity index (χ3n) is 1.77. The van der Waals surface area contributed by atoms with Crippen LogP contribution >= 0.6 is 0 Å². The van der Waals surface area contributed by atoms with Crippen LogP contribution in [0.1, 0.15) is 6.42 Å². The smallest absolute Gasteiger partial charge is 0.312 e. The van der Waals surface area contributed by atoms with Gasteiger partial charge in [-0.05, 0) is 13.0 Å². The fourth-order valence-corrected chi connectivity index (χ4v) is 1.13. The summed E-state index contributed by atoms with van der Waals surface area (Å²) in [5.74, 6) is 0.0671. The van der Waals surface area contributed by atoms with Crippen LogP contribution in [-0.4, -0.2) is 30.1 Å². The summed E-state index contributed by atoms with van der Waals surface area (Å²) in [6.45, 7) is 1.02. The van der Waals surface area contributed by atoms with Gasteiger partial charge in [0.2, 0.25) is 0 Å². The molecule has 4 heteroatoms. The standard InChI is InChI=1S/C7H9NO3/c9-4-5-1-2-8-3-6(5)7(10)11/h6,8H,1-3H2,(H,10,11). The quantitative estimate of drug-likeness (QED) is 0.498. The second-order valence-corrected chi connectivity index (χ2v) is 2.47. The number of carbonyl (C=O) groups excluding carboxylic acids is 1. The Morgan fingerprint density at radius 1 is 1.73 bits per heavy atom. The van der Waals surface area contributed by atoms with Crippen molar-refractivity contribution in [2.45, 2.75) is 6.42 Å². The molecule has 1 heterocycles. The molecule has 0 aromatic rings. The van der Waals surface area contributed by atoms with E-state index in [-0.39, 0.29) is 0 Å². The van der Waals surface area contributed by atoms with Crippen LogP contribution in [0.15, 0.2) is 5.57 Å². The minimum Gasteiger partial charge on any atom is -0.481 e. The highest BCUT2D eigenvalue weighted by Gasteiger charge is 2.25. The summed E-state index contributed by atoms with van der Waals surface area (Å²) in [5, 5.41) is 11.5. The minimum absolute atomic E-state index is 0.347. The SMILES string of the molecule is O=C=C1CCNCC1C(=O)O. The predicted molar refractivity (Wildman–Crippen MR) is 37.8 cm³/mol. The normalized spacial score (nSPS) is 24.4. The summed E-state index contributed by atoms with van der Waals surface area (Å²) in [7, 11) is 0. The molecule has 0 aromatic carbocycles. The zero-order valence-corrected chi connectivity index (χ0v) is 5.96. The fraction of sp³-hybridized carbons (Fsp3) is 0.571. The maximum Gasteiger partial charge on any atom is 0.312 e. The van der Waals surface area contributed by atoms with E-state index < -0.39 is 11.9 Å². The number of nitrogens with one attached hydrogen (secondary N) is 1. The van der Waals surface area contributed by atoms with Gasteiger partial charge >= 0.3 is 5.97 Å². The summed E-state index contributed by atoms with van der Waals surface area (Å²) in [6.07, 6.45) is 0.500. The van der Waals surface area contributed by atoms with Crippen molar-refractivity contribution in [1.82, 2.24) is 5.32 Å². The van der Waals surface area contributed by atoms with E-state index >= 15 is 0 Å². The summed E-state index contributed by atoms with van der Waals surface area (Å²) in [6, 6.07) is 0. The van der Waals surface area contributed by atoms with E-state index in [0.29, 0.717) is 25.1 Å². The Morgan fingerprint density at radius 2 is 2.45 bits per heavy atom. The van der Waals surface area contributed by atoms with Gasteiger partial charge in [0.25, 0.3) is 0 Å². The van der Waals surface area contributed by atoms with Gasteiger partial charge in [0, 0.05) is 12.1 Å². The van der Waals surface area contributed by atoms with Crippen molar-refractivity contribution in [2.75, 3.05) is 13.1 Å². The zero-order chi connectivity index (χ0) is 8.27. The van der Waals surface area contributed by atoms with E-state index in [0.717, 1.165) is 0 Å². The molecule has 1 saturated heterocycles. The monoisotopic (exact) mass is 155 g/mol. The first-order valence-electron chi connectivity index (χ1n) is 3.43. The van der Waals surface area contributed by atoms with Gasteiger partial charge in [0.05, 0.1) is 0 Å². The van der Waals surface area contributed by atoms with Crippen molar-refractivity contribution < 1.29 is 14.7 Å². The summed E-state index contributed by atoms with van der Waals surface area (Å²) in [4.78, 5) is 20.7. The molecule has 1 atom stereocenters. The van der Waals surface area contributed by atoms with E-state index in [9.17, 15) is 9.59 Å². The molecule has 1 fully saturated rings. The molecule has 4 nitrogen and oxygen atoms in total. The van der Waals surface area contributed by atoms with Gasteiger partial charge in [-0.1, -0.05) is 0 Å². The lowest BCUT2D eigenvalue weighted by Crippen LogP contribution is -2.36. The van der Waals surface area contributed by atoms with Gasteiger partial charge in [-0.15, -0.1) is 0 Å². The molecule has 60 valence electrons. The summed E-state index contributed by atoms with van der Waals surface area (Å²) >= 11 is 0. The lowest BCUT2D eigenvalue weighted by molar-refractivity contribution is -0.140. The van der Waals surface area contributed by atoms with Gasteiger partial charge in [0.1, 0.15) is 11.9 Å². The first-order valence-corrected chi connectivity index (χ1v) is 3.43. The van der Waals surface area contributed by atoms with Gasteiger partial charge in [-0.2, -0.15) is 0 Å². The molecule has 0 bridgehead atoms. The molecule has 11 heavy (non-hydrogen) atoms. The number of carboxylic acids is 1. The van der Waals surface area contributed by atoms with Crippen LogP contribution in [0.2, 0.25) is 0 Å². The van der Waals surface area contributed by atoms with Crippen LogP contribution in [0.25, 0.3) is 0 Å². The van der Waals surface area contributed by atoms with Crippen LogP contribution in [0.3, 0.4) is 0 Å². The third kappa shape index (κ3) is 1.67. The van der Waals surface area contributed by atoms with E-state index in [1.54, 1.807) is 5.94 Å². The molecule has 2 N–H and O–H groups in total. The topological polar surface area (TPSA) is 66.4 Å². The van der Waals surface area contributed by atoms with Gasteiger partial charge < -0.3 is 10.4 Å². The Kier molecular flexibility index (Phi) is 2.41. The minimum atomic E-state index is -0.949. The number of hydrogen-bond donors (Lipinski definition) is 2. The largest absolute Gasteiger partial charge is 0.481 e. The van der Waals surface area contributed by atoms with E-state index in [1.165, 1.54) is 0 Å². The molecule has 0 aromatic heterocycles. The number of aliphatic carboxylic acids is 1. The van der Waals surface area contributed by atoms with Crippen LogP contribution in [0.5, 0.6) is 0 Å². The molecule has 1 aliphatic rings. The molecule has 1 rings (SSSR count). The first kappa shape index (κ1) is 7.98. The summed E-state index contributed by atoms with van der Waals surface area (Å²) < 4.78 is 0. The molecule has 1 aliphatic heterocycles. The third-order valence-corrected chi connectivity index (χ3v) is 1.77. The second kappa shape index (κ2) is 3.32. The Hall–Kier alpha value is -1.12. The van der Waals surface area contributed by atoms with Crippen LogP contribution in [0, 0.1) is 5.92 Å². The van der Waals surface area contributed by atoms with Crippen molar-refractivity contribution in [2.24, 2.45) is 5.92 Å². The summed E-state index contributed by atoms with van der Waals surface area (Å²) in [5.41, 5.74) is 0.372. The lowest BCUT2D eigenvalue weighted by atomic mass is 9.94.